The number of carbonyl (C=O) groups is 1. The minimum absolute atomic E-state index is 0. The molecule has 0 aromatic carbocycles. The molecule has 3 rings (SSSR count). The van der Waals surface area contributed by atoms with Gasteiger partial charge in [-0.1, -0.05) is 33.3 Å². The number of hydrogen-bond donors (Lipinski definition) is 0. The second kappa shape index (κ2) is 11.5. The molecular weight excluding hydrogens is 451 g/mol. The molecule has 8 heteroatoms. The van der Waals surface area contributed by atoms with Crippen LogP contribution < -0.4 is 29.6 Å². The molecule has 0 saturated heterocycles. The predicted octanol–water partition coefficient (Wildman–Crippen LogP) is 2.46. The van der Waals surface area contributed by atoms with Crippen molar-refractivity contribution in [1.29, 1.82) is 0 Å². The van der Waals surface area contributed by atoms with Crippen LogP contribution in [0.1, 0.15) is 78.2 Å². The maximum Gasteiger partial charge on any atom is 1.00 e. The van der Waals surface area contributed by atoms with Crippen LogP contribution in [0.4, 0.5) is 0 Å². The molecule has 1 fully saturated rings. The van der Waals surface area contributed by atoms with Crippen LogP contribution in [0.2, 0.25) is 0 Å². The minimum Gasteiger partial charge on any atom is -0.726 e. The predicted molar refractivity (Wildman–Crippen MR) is 122 cm³/mol. The Kier molecular flexibility index (Phi) is 10.1. The van der Waals surface area contributed by atoms with Crippen LogP contribution in [-0.4, -0.2) is 25.4 Å². The Bertz CT molecular complexity index is 921. The molecule has 33 heavy (non-hydrogen) atoms. The fourth-order valence-corrected chi connectivity index (χ4v) is 6.22. The number of ketones is 1. The third kappa shape index (κ3) is 7.52. The van der Waals surface area contributed by atoms with E-state index in [2.05, 4.69) is 31.9 Å². The third-order valence-corrected chi connectivity index (χ3v) is 8.50. The van der Waals surface area contributed by atoms with Crippen molar-refractivity contribution in [3.63, 3.8) is 0 Å². The molecule has 1 saturated carbocycles. The van der Waals surface area contributed by atoms with Gasteiger partial charge in [0.15, 0.2) is 5.78 Å². The summed E-state index contributed by atoms with van der Waals surface area (Å²) in [5, 5.41) is 0. The zero-order valence-electron chi connectivity index (χ0n) is 20.8. The van der Waals surface area contributed by atoms with Crippen LogP contribution in [0.5, 0.6) is 0 Å². The van der Waals surface area contributed by atoms with Gasteiger partial charge < -0.3 is 8.97 Å². The Balaban J connectivity index is 0.00000385. The maximum atomic E-state index is 12.5. The topological polar surface area (TPSA) is 96.6 Å². The fraction of sp³-hybridized carbons (Fsp3) is 0.720. The smallest absolute Gasteiger partial charge is 0.726 e. The minimum atomic E-state index is -4.72. The van der Waals surface area contributed by atoms with Crippen molar-refractivity contribution in [2.45, 2.75) is 79.1 Å². The average molecular weight is 489 g/mol. The van der Waals surface area contributed by atoms with E-state index in [-0.39, 0.29) is 58.7 Å². The number of furan rings is 1. The van der Waals surface area contributed by atoms with E-state index in [1.54, 1.807) is 12.5 Å². The first-order chi connectivity index (χ1) is 14.9. The van der Waals surface area contributed by atoms with Gasteiger partial charge in [-0.05, 0) is 91.2 Å². The summed E-state index contributed by atoms with van der Waals surface area (Å²) in [7, 11) is -4.72. The Morgan fingerprint density at radius 1 is 1.24 bits per heavy atom. The molecule has 180 valence electrons. The molecule has 2 aliphatic carbocycles. The molecule has 0 bridgehead atoms. The van der Waals surface area contributed by atoms with Crippen LogP contribution >= 0.6 is 0 Å². The number of allylic oxidation sites excluding steroid dienone is 2. The van der Waals surface area contributed by atoms with Crippen molar-refractivity contribution in [3.8, 4) is 0 Å². The summed E-state index contributed by atoms with van der Waals surface area (Å²) in [6, 6.07) is 1.92. The molecule has 0 radical (unpaired) electrons. The molecule has 4 atom stereocenters. The molecule has 0 amide bonds. The van der Waals surface area contributed by atoms with Crippen molar-refractivity contribution < 1.29 is 55.9 Å². The van der Waals surface area contributed by atoms with E-state index in [0.717, 1.165) is 50.5 Å². The van der Waals surface area contributed by atoms with E-state index in [0.29, 0.717) is 18.3 Å². The van der Waals surface area contributed by atoms with Gasteiger partial charge in [0.1, 0.15) is 0 Å². The van der Waals surface area contributed by atoms with Crippen molar-refractivity contribution in [2.75, 3.05) is 6.61 Å². The van der Waals surface area contributed by atoms with E-state index in [9.17, 15) is 17.8 Å². The number of fused-ring (bicyclic) bond motifs is 1. The quantitative estimate of drug-likeness (QED) is 0.285. The van der Waals surface area contributed by atoms with Gasteiger partial charge in [-0.25, -0.2) is 8.42 Å². The fourth-order valence-electron chi connectivity index (χ4n) is 5.86. The van der Waals surface area contributed by atoms with Gasteiger partial charge >= 0.3 is 29.6 Å². The zero-order chi connectivity index (χ0) is 23.6. The summed E-state index contributed by atoms with van der Waals surface area (Å²) in [5.41, 5.74) is 2.22. The first kappa shape index (κ1) is 28.8. The molecule has 3 unspecified atom stereocenters. The number of aryl methyl sites for hydroxylation is 1. The summed E-state index contributed by atoms with van der Waals surface area (Å²) in [4.78, 5) is 12.5. The van der Waals surface area contributed by atoms with Crippen LogP contribution in [0.25, 0.3) is 0 Å². The van der Waals surface area contributed by atoms with E-state index < -0.39 is 10.4 Å². The monoisotopic (exact) mass is 488 g/mol. The van der Waals surface area contributed by atoms with Crippen molar-refractivity contribution in [3.05, 3.63) is 35.8 Å². The standard InChI is InChI=1S/C25H38O6S.Na/c1-18-8-9-22-23(14-21(26)15-24(22,2)3)25(18,4)12-10-19(17-31-32(27,28)29)6-5-7-20-11-13-30-16-20;/h11,13-14,16,18-19,22H,5-10,12,15,17H2,1-4H3,(H,27,28,29);/q;+1/p-1/t18-,19?,22?,25?;/m0./s1. The molecule has 1 aromatic rings. The van der Waals surface area contributed by atoms with Crippen molar-refractivity contribution in [1.82, 2.24) is 0 Å². The summed E-state index contributed by atoms with van der Waals surface area (Å²) in [6.45, 7) is 8.83. The number of carbonyl (C=O) groups excluding carboxylic acids is 1. The third-order valence-electron chi connectivity index (χ3n) is 8.08. The van der Waals surface area contributed by atoms with Crippen LogP contribution in [0.3, 0.4) is 0 Å². The summed E-state index contributed by atoms with van der Waals surface area (Å²) in [5.74, 6) is 1.00. The Morgan fingerprint density at radius 3 is 2.61 bits per heavy atom. The van der Waals surface area contributed by atoms with Crippen LogP contribution in [0, 0.1) is 28.6 Å². The van der Waals surface area contributed by atoms with Gasteiger partial charge in [0, 0.05) is 6.42 Å². The maximum absolute atomic E-state index is 12.5. The van der Waals surface area contributed by atoms with E-state index >= 15 is 0 Å². The molecule has 2 aliphatic rings. The molecular formula is C25H37NaO6S. The molecule has 6 nitrogen and oxygen atoms in total. The largest absolute Gasteiger partial charge is 1.00 e. The molecule has 1 heterocycles. The van der Waals surface area contributed by atoms with Crippen molar-refractivity contribution >= 4 is 16.2 Å². The second-order valence-corrected chi connectivity index (χ2v) is 11.9. The van der Waals surface area contributed by atoms with Gasteiger partial charge in [-0.3, -0.25) is 8.98 Å². The molecule has 0 spiro atoms. The summed E-state index contributed by atoms with van der Waals surface area (Å²) in [6.07, 6.45) is 12.1. The zero-order valence-corrected chi connectivity index (χ0v) is 23.6. The molecule has 1 aromatic heterocycles. The summed E-state index contributed by atoms with van der Waals surface area (Å²) < 4.78 is 43.0. The molecule has 0 N–H and O–H groups in total. The van der Waals surface area contributed by atoms with Gasteiger partial charge in [0.2, 0.25) is 10.4 Å². The van der Waals surface area contributed by atoms with Gasteiger partial charge in [0.25, 0.3) is 0 Å². The second-order valence-electron chi connectivity index (χ2n) is 10.8. The van der Waals surface area contributed by atoms with Crippen LogP contribution in [-0.2, 0) is 25.8 Å². The van der Waals surface area contributed by atoms with Gasteiger partial charge in [0.05, 0.1) is 19.1 Å². The first-order valence-electron chi connectivity index (χ1n) is 11.8. The van der Waals surface area contributed by atoms with E-state index in [1.807, 2.05) is 12.1 Å². The normalized spacial score (nSPS) is 27.9. The Labute approximate surface area is 221 Å². The SMILES string of the molecule is C[C@H]1CCC2C(=CC(=O)CC2(C)C)C1(C)CCC(CCCc1ccoc1)COS(=O)(=O)[O-].[Na+]. The average Bonchev–Trinajstić information content (AvgIpc) is 3.19. The Morgan fingerprint density at radius 2 is 1.97 bits per heavy atom. The van der Waals surface area contributed by atoms with E-state index in [4.69, 9.17) is 4.42 Å². The number of rotatable bonds is 10. The Hall–Kier alpha value is -0.440. The first-order valence-corrected chi connectivity index (χ1v) is 13.1. The number of hydrogen-bond acceptors (Lipinski definition) is 6. The van der Waals surface area contributed by atoms with Crippen molar-refractivity contribution in [2.24, 2.45) is 28.6 Å². The summed E-state index contributed by atoms with van der Waals surface area (Å²) >= 11 is 0. The van der Waals surface area contributed by atoms with Crippen LogP contribution in [0.15, 0.2) is 34.7 Å². The van der Waals surface area contributed by atoms with Gasteiger partial charge in [-0.15, -0.1) is 0 Å². The van der Waals surface area contributed by atoms with Gasteiger partial charge in [-0.2, -0.15) is 0 Å². The molecule has 0 aliphatic heterocycles. The van der Waals surface area contributed by atoms with E-state index in [1.165, 1.54) is 5.57 Å².